The first-order valence-corrected chi connectivity index (χ1v) is 11.4. The van der Waals surface area contributed by atoms with Crippen LogP contribution >= 0.6 is 11.8 Å². The molecule has 3 aromatic rings. The second kappa shape index (κ2) is 10.0. The Morgan fingerprint density at radius 2 is 1.85 bits per heavy atom. The second-order valence-corrected chi connectivity index (χ2v) is 8.69. The van der Waals surface area contributed by atoms with E-state index in [1.54, 1.807) is 44.4 Å². The maximum atomic E-state index is 13.0. The SMILES string of the molecule is CCOC(=O)c1ccccc1NC(=O)CSc1c(C(C)C)cnc2c1c(=O)n(C)c(=O)n2C. The summed E-state index contributed by atoms with van der Waals surface area (Å²) in [6.45, 7) is 5.87. The van der Waals surface area contributed by atoms with E-state index in [2.05, 4.69) is 10.3 Å². The highest BCUT2D eigenvalue weighted by atomic mass is 32.2. The molecule has 1 aromatic carbocycles. The second-order valence-electron chi connectivity index (χ2n) is 7.70. The summed E-state index contributed by atoms with van der Waals surface area (Å²) in [5, 5.41) is 3.05. The monoisotopic (exact) mass is 470 g/mol. The molecule has 2 aromatic heterocycles. The van der Waals surface area contributed by atoms with Gasteiger partial charge in [0.1, 0.15) is 5.65 Å². The number of carbonyl (C=O) groups is 2. The first-order chi connectivity index (χ1) is 15.7. The fourth-order valence-electron chi connectivity index (χ4n) is 3.39. The highest BCUT2D eigenvalue weighted by Crippen LogP contribution is 2.32. The first kappa shape index (κ1) is 24.2. The van der Waals surface area contributed by atoms with E-state index in [1.165, 1.54) is 23.4 Å². The van der Waals surface area contributed by atoms with Gasteiger partial charge in [0.2, 0.25) is 5.91 Å². The van der Waals surface area contributed by atoms with Gasteiger partial charge in [-0.15, -0.1) is 11.8 Å². The predicted octanol–water partition coefficient (Wildman–Crippen LogP) is 2.66. The van der Waals surface area contributed by atoms with Crippen molar-refractivity contribution < 1.29 is 14.3 Å². The van der Waals surface area contributed by atoms with Crippen LogP contribution in [0.3, 0.4) is 0 Å². The minimum Gasteiger partial charge on any atom is -0.462 e. The zero-order chi connectivity index (χ0) is 24.3. The number of rotatable bonds is 7. The number of aryl methyl sites for hydroxylation is 1. The number of fused-ring (bicyclic) bond motifs is 1. The summed E-state index contributed by atoms with van der Waals surface area (Å²) < 4.78 is 7.40. The molecule has 9 nitrogen and oxygen atoms in total. The van der Waals surface area contributed by atoms with Crippen molar-refractivity contribution >= 4 is 40.4 Å². The smallest absolute Gasteiger partial charge is 0.340 e. The summed E-state index contributed by atoms with van der Waals surface area (Å²) in [5.41, 5.74) is 0.758. The molecule has 0 aliphatic carbocycles. The molecule has 174 valence electrons. The number of carbonyl (C=O) groups excluding carboxylic acids is 2. The third-order valence-electron chi connectivity index (χ3n) is 5.11. The van der Waals surface area contributed by atoms with Gasteiger partial charge in [-0.05, 0) is 30.5 Å². The molecular weight excluding hydrogens is 444 g/mol. The Morgan fingerprint density at radius 3 is 2.52 bits per heavy atom. The van der Waals surface area contributed by atoms with Crippen LogP contribution in [0.1, 0.15) is 42.6 Å². The van der Waals surface area contributed by atoms with E-state index in [0.29, 0.717) is 16.0 Å². The number of esters is 1. The Hall–Kier alpha value is -3.40. The van der Waals surface area contributed by atoms with E-state index < -0.39 is 17.2 Å². The van der Waals surface area contributed by atoms with Crippen LogP contribution in [-0.4, -0.2) is 38.4 Å². The standard InChI is InChI=1S/C23H26N4O5S/c1-6-32-22(30)14-9-7-8-10-16(14)25-17(28)12-33-19-15(13(2)3)11-24-20-18(19)21(29)27(5)23(31)26(20)4/h7-11,13H,6,12H2,1-5H3,(H,25,28). The molecule has 0 radical (unpaired) electrons. The Bertz CT molecular complexity index is 1340. The molecule has 0 bridgehead atoms. The summed E-state index contributed by atoms with van der Waals surface area (Å²) in [5.74, 6) is -0.841. The molecule has 1 amide bonds. The average molecular weight is 471 g/mol. The molecule has 2 heterocycles. The molecule has 0 aliphatic heterocycles. The number of pyridine rings is 1. The number of para-hydroxylation sites is 1. The Kier molecular flexibility index (Phi) is 7.37. The van der Waals surface area contributed by atoms with Crippen molar-refractivity contribution in [2.45, 2.75) is 31.6 Å². The van der Waals surface area contributed by atoms with Gasteiger partial charge in [0.25, 0.3) is 5.56 Å². The van der Waals surface area contributed by atoms with Crippen molar-refractivity contribution in [3.63, 3.8) is 0 Å². The van der Waals surface area contributed by atoms with Gasteiger partial charge >= 0.3 is 11.7 Å². The third-order valence-corrected chi connectivity index (χ3v) is 6.25. The minimum atomic E-state index is -0.521. The number of hydrogen-bond acceptors (Lipinski definition) is 7. The fourth-order valence-corrected chi connectivity index (χ4v) is 4.51. The van der Waals surface area contributed by atoms with Crippen LogP contribution in [-0.2, 0) is 23.6 Å². The quantitative estimate of drug-likeness (QED) is 0.417. The number of aromatic nitrogens is 3. The van der Waals surface area contributed by atoms with Crippen molar-refractivity contribution in [1.29, 1.82) is 0 Å². The van der Waals surface area contributed by atoms with Crippen molar-refractivity contribution in [3.8, 4) is 0 Å². The number of amides is 1. The summed E-state index contributed by atoms with van der Waals surface area (Å²) in [6.07, 6.45) is 1.64. The molecule has 3 rings (SSSR count). The highest BCUT2D eigenvalue weighted by Gasteiger charge is 2.20. The molecule has 10 heteroatoms. The number of nitrogens with zero attached hydrogens (tertiary/aromatic N) is 3. The van der Waals surface area contributed by atoms with Gasteiger partial charge in [0.05, 0.1) is 29.0 Å². The topological polar surface area (TPSA) is 112 Å². The van der Waals surface area contributed by atoms with E-state index >= 15 is 0 Å². The van der Waals surface area contributed by atoms with E-state index in [9.17, 15) is 19.2 Å². The van der Waals surface area contributed by atoms with Gasteiger partial charge in [-0.1, -0.05) is 26.0 Å². The van der Waals surface area contributed by atoms with Crippen molar-refractivity contribution in [3.05, 3.63) is 62.4 Å². The van der Waals surface area contributed by atoms with E-state index in [4.69, 9.17) is 4.74 Å². The van der Waals surface area contributed by atoms with Crippen molar-refractivity contribution in [1.82, 2.24) is 14.1 Å². The Labute approximate surface area is 194 Å². The zero-order valence-corrected chi connectivity index (χ0v) is 20.0. The lowest BCUT2D eigenvalue weighted by atomic mass is 10.0. The highest BCUT2D eigenvalue weighted by molar-refractivity contribution is 8.00. The summed E-state index contributed by atoms with van der Waals surface area (Å²) >= 11 is 1.20. The molecule has 0 saturated heterocycles. The first-order valence-electron chi connectivity index (χ1n) is 10.4. The molecule has 0 atom stereocenters. The number of nitrogens with one attached hydrogen (secondary N) is 1. The molecule has 0 unspecified atom stereocenters. The van der Waals surface area contributed by atoms with Crippen LogP contribution in [0.15, 0.2) is 44.9 Å². The summed E-state index contributed by atoms with van der Waals surface area (Å²) in [6, 6.07) is 6.61. The Morgan fingerprint density at radius 1 is 1.15 bits per heavy atom. The predicted molar refractivity (Wildman–Crippen MR) is 128 cm³/mol. The van der Waals surface area contributed by atoms with Gasteiger partial charge in [0.15, 0.2) is 0 Å². The molecule has 1 N–H and O–H groups in total. The molecule has 0 fully saturated rings. The van der Waals surface area contributed by atoms with Crippen LogP contribution in [0.4, 0.5) is 5.69 Å². The number of ether oxygens (including phenoxy) is 1. The molecule has 0 aliphatic rings. The minimum absolute atomic E-state index is 0.0119. The number of benzene rings is 1. The van der Waals surface area contributed by atoms with Crippen LogP contribution in [0.2, 0.25) is 0 Å². The van der Waals surface area contributed by atoms with Crippen LogP contribution in [0.5, 0.6) is 0 Å². The fraction of sp³-hybridized carbons (Fsp3) is 0.348. The van der Waals surface area contributed by atoms with Crippen molar-refractivity contribution in [2.24, 2.45) is 14.1 Å². The molecule has 0 spiro atoms. The number of anilines is 1. The lowest BCUT2D eigenvalue weighted by Crippen LogP contribution is -2.37. The zero-order valence-electron chi connectivity index (χ0n) is 19.2. The van der Waals surface area contributed by atoms with Crippen LogP contribution in [0.25, 0.3) is 11.0 Å². The normalized spacial score (nSPS) is 11.1. The lowest BCUT2D eigenvalue weighted by Gasteiger charge is -2.16. The van der Waals surface area contributed by atoms with Gasteiger partial charge in [0, 0.05) is 25.2 Å². The maximum Gasteiger partial charge on any atom is 0.340 e. The maximum absolute atomic E-state index is 13.0. The Balaban J connectivity index is 1.96. The molecular formula is C23H26N4O5S. The average Bonchev–Trinajstić information content (AvgIpc) is 2.79. The molecule has 33 heavy (non-hydrogen) atoms. The number of hydrogen-bond donors (Lipinski definition) is 1. The molecule has 0 saturated carbocycles. The lowest BCUT2D eigenvalue weighted by molar-refractivity contribution is -0.113. The van der Waals surface area contributed by atoms with Crippen molar-refractivity contribution in [2.75, 3.05) is 17.7 Å². The van der Waals surface area contributed by atoms with Crippen LogP contribution < -0.4 is 16.6 Å². The van der Waals surface area contributed by atoms with E-state index in [0.717, 1.165) is 10.1 Å². The van der Waals surface area contributed by atoms with Gasteiger partial charge in [-0.3, -0.25) is 18.7 Å². The van der Waals surface area contributed by atoms with E-state index in [1.807, 2.05) is 13.8 Å². The van der Waals surface area contributed by atoms with Gasteiger partial charge in [-0.2, -0.15) is 0 Å². The van der Waals surface area contributed by atoms with E-state index in [-0.39, 0.29) is 35.4 Å². The van der Waals surface area contributed by atoms with Gasteiger partial charge < -0.3 is 10.1 Å². The summed E-state index contributed by atoms with van der Waals surface area (Å²) in [4.78, 5) is 55.2. The number of thioether (sulfide) groups is 1. The largest absolute Gasteiger partial charge is 0.462 e. The summed E-state index contributed by atoms with van der Waals surface area (Å²) in [7, 11) is 2.97. The van der Waals surface area contributed by atoms with Gasteiger partial charge in [-0.25, -0.2) is 14.6 Å². The third kappa shape index (κ3) is 4.85. The van der Waals surface area contributed by atoms with Crippen LogP contribution in [0, 0.1) is 0 Å².